The van der Waals surface area contributed by atoms with Crippen LogP contribution in [0, 0.1) is 0 Å². The molecule has 0 fully saturated rings. The van der Waals surface area contributed by atoms with Crippen LogP contribution in [-0.4, -0.2) is 83.3 Å². The second kappa shape index (κ2) is 14.2. The lowest BCUT2D eigenvalue weighted by molar-refractivity contribution is -0.0442. The highest BCUT2D eigenvalue weighted by Gasteiger charge is 2.12. The highest BCUT2D eigenvalue weighted by atomic mass is 28.2. The number of carbonyl (C=O) groups is 1. The summed E-state index contributed by atoms with van der Waals surface area (Å²) < 4.78 is 20.8. The van der Waals surface area contributed by atoms with Crippen molar-refractivity contribution in [3.63, 3.8) is 0 Å². The van der Waals surface area contributed by atoms with E-state index in [0.29, 0.717) is 13.1 Å². The molecule has 0 aromatic carbocycles. The van der Waals surface area contributed by atoms with Gasteiger partial charge in [0.1, 0.15) is 11.8 Å². The molecule has 0 atom stereocenters. The van der Waals surface area contributed by atoms with E-state index in [1.54, 1.807) is 33.3 Å². The molecule has 0 aliphatic heterocycles. The van der Waals surface area contributed by atoms with Crippen molar-refractivity contribution in [1.29, 1.82) is 0 Å². The van der Waals surface area contributed by atoms with Crippen molar-refractivity contribution in [2.45, 2.75) is 36.8 Å². The third-order valence-corrected chi connectivity index (χ3v) is 7.69. The molecule has 2 amide bonds. The van der Waals surface area contributed by atoms with Gasteiger partial charge < -0.3 is 29.6 Å². The number of amides is 2. The van der Waals surface area contributed by atoms with E-state index in [4.69, 9.17) is 24.7 Å². The molecule has 22 heavy (non-hydrogen) atoms. The number of carbonyl (C=O) groups excluding carboxylic acids is 1. The van der Waals surface area contributed by atoms with E-state index in [0.717, 1.165) is 24.9 Å². The van der Waals surface area contributed by atoms with Crippen LogP contribution in [0.2, 0.25) is 12.1 Å². The van der Waals surface area contributed by atoms with Gasteiger partial charge in [-0.05, 0) is 12.8 Å². The molecule has 0 aromatic heterocycles. The number of ether oxygens (including phenoxy) is 4. The number of nitrogens with zero attached hydrogens (tertiary/aromatic N) is 1. The van der Waals surface area contributed by atoms with E-state index in [1.165, 1.54) is 0 Å². The second-order valence-corrected chi connectivity index (χ2v) is 9.02. The maximum Gasteiger partial charge on any atom is 0.314 e. The van der Waals surface area contributed by atoms with E-state index in [-0.39, 0.29) is 17.9 Å². The number of hydrogen-bond acceptors (Lipinski definition) is 5. The zero-order chi connectivity index (χ0) is 16.8. The molecular weight excluding hydrogens is 320 g/mol. The lowest BCUT2D eigenvalue weighted by Gasteiger charge is -2.21. The van der Waals surface area contributed by atoms with Gasteiger partial charge >= 0.3 is 6.03 Å². The standard InChI is InChI=1S/C13H32N2O5Si2/c1-17-12(18-2)21-9-5-7-15(11(14)16)8-6-10-22-13(19-3)20-4/h12-13H,5-10,21-22H2,1-4H3,(H2,14,16). The van der Waals surface area contributed by atoms with Gasteiger partial charge in [-0.2, -0.15) is 0 Å². The smallest absolute Gasteiger partial charge is 0.314 e. The minimum atomic E-state index is -0.432. The fourth-order valence-corrected chi connectivity index (χ4v) is 4.86. The van der Waals surface area contributed by atoms with Gasteiger partial charge in [-0.25, -0.2) is 4.79 Å². The lowest BCUT2D eigenvalue weighted by atomic mass is 10.4. The summed E-state index contributed by atoms with van der Waals surface area (Å²) in [6.45, 7) is 1.42. The average Bonchev–Trinajstić information content (AvgIpc) is 2.52. The molecular formula is C13H32N2O5Si2. The zero-order valence-corrected chi connectivity index (χ0v) is 17.2. The Kier molecular flexibility index (Phi) is 13.9. The Bertz CT molecular complexity index is 259. The van der Waals surface area contributed by atoms with Crippen molar-refractivity contribution in [2.24, 2.45) is 5.73 Å². The number of rotatable bonds is 14. The lowest BCUT2D eigenvalue weighted by Crippen LogP contribution is -2.37. The maximum atomic E-state index is 11.5. The quantitative estimate of drug-likeness (QED) is 0.258. The molecule has 2 N–H and O–H groups in total. The fourth-order valence-electron chi connectivity index (χ4n) is 2.22. The van der Waals surface area contributed by atoms with E-state index >= 15 is 0 Å². The molecule has 0 saturated heterocycles. The molecule has 0 heterocycles. The second-order valence-electron chi connectivity index (χ2n) is 5.12. The van der Waals surface area contributed by atoms with Gasteiger partial charge in [0.15, 0.2) is 0 Å². The summed E-state index contributed by atoms with van der Waals surface area (Å²) in [4.78, 5) is 13.2. The number of nitrogens with two attached hydrogens (primary N) is 1. The molecule has 0 unspecified atom stereocenters. The van der Waals surface area contributed by atoms with Crippen LogP contribution in [0.4, 0.5) is 4.79 Å². The van der Waals surface area contributed by atoms with Crippen LogP contribution in [0.5, 0.6) is 0 Å². The SMILES string of the molecule is COC(OC)[SiH2]CCCN(CCC[SiH2]C(OC)OC)C(N)=O. The first-order chi connectivity index (χ1) is 10.6. The fraction of sp³-hybridized carbons (Fsp3) is 0.923. The Hall–Kier alpha value is -0.456. The Balaban J connectivity index is 3.85. The van der Waals surface area contributed by atoms with Gasteiger partial charge in [0.2, 0.25) is 0 Å². The summed E-state index contributed by atoms with van der Waals surface area (Å²) in [5.74, 6) is -0.0684. The van der Waals surface area contributed by atoms with Gasteiger partial charge in [0, 0.05) is 41.5 Å². The minimum absolute atomic E-state index is 0.0342. The molecule has 0 bridgehead atoms. The predicted octanol–water partition coefficient (Wildman–Crippen LogP) is -0.526. The molecule has 132 valence electrons. The van der Waals surface area contributed by atoms with Crippen LogP contribution >= 0.6 is 0 Å². The summed E-state index contributed by atoms with van der Waals surface area (Å²) >= 11 is 0. The summed E-state index contributed by atoms with van der Waals surface area (Å²) in [6.07, 6.45) is 1.91. The van der Waals surface area contributed by atoms with E-state index in [1.807, 2.05) is 0 Å². The van der Waals surface area contributed by atoms with Gasteiger partial charge in [-0.1, -0.05) is 12.1 Å². The van der Waals surface area contributed by atoms with E-state index in [2.05, 4.69) is 0 Å². The topological polar surface area (TPSA) is 83.2 Å². The van der Waals surface area contributed by atoms with Crippen molar-refractivity contribution in [3.8, 4) is 0 Å². The number of hydrogen-bond donors (Lipinski definition) is 1. The number of methoxy groups -OCH3 is 4. The Labute approximate surface area is 138 Å². The van der Waals surface area contributed by atoms with Gasteiger partial charge in [0.25, 0.3) is 0 Å². The third kappa shape index (κ3) is 10.3. The normalized spacial score (nSPS) is 12.5. The Morgan fingerprint density at radius 1 is 0.909 bits per heavy atom. The van der Waals surface area contributed by atoms with E-state index in [9.17, 15) is 4.79 Å². The summed E-state index contributed by atoms with van der Waals surface area (Å²) in [6, 6.07) is 1.80. The third-order valence-electron chi connectivity index (χ3n) is 3.60. The summed E-state index contributed by atoms with van der Waals surface area (Å²) in [5.41, 5.74) is 5.44. The molecule has 0 aliphatic rings. The van der Waals surface area contributed by atoms with Gasteiger partial charge in [-0.15, -0.1) is 0 Å². The first-order valence-corrected chi connectivity index (χ1v) is 11.4. The van der Waals surface area contributed by atoms with Crippen LogP contribution in [0.1, 0.15) is 12.8 Å². The molecule has 0 saturated carbocycles. The molecule has 0 spiro atoms. The van der Waals surface area contributed by atoms with Crippen molar-refractivity contribution < 1.29 is 23.7 Å². The zero-order valence-electron chi connectivity index (χ0n) is 14.4. The Morgan fingerprint density at radius 2 is 1.27 bits per heavy atom. The Morgan fingerprint density at radius 3 is 1.55 bits per heavy atom. The first-order valence-electron chi connectivity index (χ1n) is 7.74. The molecule has 7 nitrogen and oxygen atoms in total. The molecule has 0 rings (SSSR count). The largest absolute Gasteiger partial charge is 0.360 e. The molecule has 0 aromatic rings. The van der Waals surface area contributed by atoms with Crippen LogP contribution in [0.3, 0.4) is 0 Å². The van der Waals surface area contributed by atoms with Gasteiger partial charge in [-0.3, -0.25) is 0 Å². The van der Waals surface area contributed by atoms with Crippen molar-refractivity contribution in [2.75, 3.05) is 41.5 Å². The van der Waals surface area contributed by atoms with Gasteiger partial charge in [0.05, 0.1) is 19.0 Å². The highest BCUT2D eigenvalue weighted by Crippen LogP contribution is 2.03. The predicted molar refractivity (Wildman–Crippen MR) is 92.7 cm³/mol. The summed E-state index contributed by atoms with van der Waals surface area (Å²) in [5, 5.41) is 0. The van der Waals surface area contributed by atoms with Crippen LogP contribution in [0.15, 0.2) is 0 Å². The maximum absolute atomic E-state index is 11.5. The van der Waals surface area contributed by atoms with Crippen LogP contribution < -0.4 is 5.73 Å². The van der Waals surface area contributed by atoms with Crippen LogP contribution in [-0.2, 0) is 18.9 Å². The monoisotopic (exact) mass is 352 g/mol. The molecule has 0 aliphatic carbocycles. The highest BCUT2D eigenvalue weighted by molar-refractivity contribution is 6.36. The summed E-state index contributed by atoms with van der Waals surface area (Å²) in [7, 11) is 5.78. The van der Waals surface area contributed by atoms with Crippen LogP contribution in [0.25, 0.3) is 0 Å². The minimum Gasteiger partial charge on any atom is -0.360 e. The first kappa shape index (κ1) is 21.5. The van der Waals surface area contributed by atoms with Crippen molar-refractivity contribution >= 4 is 25.1 Å². The number of primary amides is 1. The van der Waals surface area contributed by atoms with Crippen molar-refractivity contribution in [1.82, 2.24) is 4.90 Å². The molecule has 9 heteroatoms. The number of urea groups is 1. The molecule has 0 radical (unpaired) electrons. The average molecular weight is 353 g/mol. The van der Waals surface area contributed by atoms with E-state index < -0.39 is 19.0 Å². The van der Waals surface area contributed by atoms with Crippen molar-refractivity contribution in [3.05, 3.63) is 0 Å².